The third kappa shape index (κ3) is 3.49. The van der Waals surface area contributed by atoms with Gasteiger partial charge in [-0.1, -0.05) is 0 Å². The van der Waals surface area contributed by atoms with Crippen molar-refractivity contribution in [3.05, 3.63) is 47.8 Å². The van der Waals surface area contributed by atoms with Crippen molar-refractivity contribution in [3.8, 4) is 22.8 Å². The van der Waals surface area contributed by atoms with Crippen LogP contribution in [0.5, 0.6) is 11.5 Å². The van der Waals surface area contributed by atoms with Crippen LogP contribution in [0.15, 0.2) is 36.4 Å². The van der Waals surface area contributed by atoms with Crippen molar-refractivity contribution in [2.24, 2.45) is 0 Å². The van der Waals surface area contributed by atoms with Crippen molar-refractivity contribution in [1.29, 1.82) is 0 Å². The maximum Gasteiger partial charge on any atom is 0.307 e. The summed E-state index contributed by atoms with van der Waals surface area (Å²) in [6, 6.07) is 9.74. The van der Waals surface area contributed by atoms with Gasteiger partial charge in [0.1, 0.15) is 5.82 Å². The van der Waals surface area contributed by atoms with Crippen molar-refractivity contribution < 1.29 is 23.8 Å². The van der Waals surface area contributed by atoms with E-state index < -0.39 is 11.8 Å². The molecule has 0 saturated carbocycles. The molecular weight excluding hydrogens is 337 g/mol. The summed E-state index contributed by atoms with van der Waals surface area (Å²) < 4.78 is 24.9. The summed E-state index contributed by atoms with van der Waals surface area (Å²) in [4.78, 5) is 14.5. The molecule has 2 aromatic carbocycles. The van der Waals surface area contributed by atoms with Gasteiger partial charge in [-0.3, -0.25) is 4.79 Å². The number of benzene rings is 2. The van der Waals surface area contributed by atoms with Crippen LogP contribution < -0.4 is 9.47 Å². The second-order valence-electron chi connectivity index (χ2n) is 5.77. The number of aromatic nitrogens is 1. The Kier molecular flexibility index (Phi) is 5.11. The summed E-state index contributed by atoms with van der Waals surface area (Å²) in [7, 11) is 0. The molecule has 0 radical (unpaired) electrons. The Hall–Kier alpha value is -3.02. The number of aromatic amines is 1. The summed E-state index contributed by atoms with van der Waals surface area (Å²) in [5.74, 6) is -0.179. The van der Waals surface area contributed by atoms with Gasteiger partial charge in [-0.15, -0.1) is 0 Å². The van der Waals surface area contributed by atoms with E-state index in [1.54, 1.807) is 18.2 Å². The first-order valence-electron chi connectivity index (χ1n) is 8.45. The number of hydrogen-bond acceptors (Lipinski definition) is 3. The maximum absolute atomic E-state index is 13.7. The highest BCUT2D eigenvalue weighted by Gasteiger charge is 2.18. The molecule has 6 heteroatoms. The zero-order valence-corrected chi connectivity index (χ0v) is 14.6. The highest BCUT2D eigenvalue weighted by Crippen LogP contribution is 2.36. The lowest BCUT2D eigenvalue weighted by Gasteiger charge is -2.12. The number of fused-ring (bicyclic) bond motifs is 1. The highest BCUT2D eigenvalue weighted by molar-refractivity contribution is 5.94. The minimum Gasteiger partial charge on any atom is -0.490 e. The Morgan fingerprint density at radius 1 is 1.08 bits per heavy atom. The average Bonchev–Trinajstić information content (AvgIpc) is 2.94. The summed E-state index contributed by atoms with van der Waals surface area (Å²) in [6.45, 7) is 4.75. The van der Waals surface area contributed by atoms with Crippen molar-refractivity contribution in [1.82, 2.24) is 4.98 Å². The number of ether oxygens (including phenoxy) is 2. The molecule has 0 unspecified atom stereocenters. The molecule has 3 rings (SSSR count). The fraction of sp³-hybridized carbons (Fsp3) is 0.250. The molecule has 1 heterocycles. The van der Waals surface area contributed by atoms with Crippen molar-refractivity contribution >= 4 is 16.9 Å². The van der Waals surface area contributed by atoms with Crippen LogP contribution in [-0.4, -0.2) is 29.3 Å². The predicted molar refractivity (Wildman–Crippen MR) is 97.4 cm³/mol. The summed E-state index contributed by atoms with van der Waals surface area (Å²) >= 11 is 0. The van der Waals surface area contributed by atoms with E-state index in [0.29, 0.717) is 46.9 Å². The van der Waals surface area contributed by atoms with Crippen LogP contribution in [0.25, 0.3) is 22.2 Å². The van der Waals surface area contributed by atoms with Crippen LogP contribution in [0.2, 0.25) is 0 Å². The molecular formula is C20H20FNO4. The van der Waals surface area contributed by atoms with Gasteiger partial charge < -0.3 is 19.6 Å². The Bertz CT molecular complexity index is 948. The number of aliphatic carboxylic acids is 1. The van der Waals surface area contributed by atoms with Crippen molar-refractivity contribution in [2.45, 2.75) is 20.3 Å². The lowest BCUT2D eigenvalue weighted by molar-refractivity contribution is -0.136. The van der Waals surface area contributed by atoms with Crippen LogP contribution in [0, 0.1) is 5.82 Å². The topological polar surface area (TPSA) is 71.6 Å². The van der Waals surface area contributed by atoms with E-state index in [1.165, 1.54) is 12.1 Å². The van der Waals surface area contributed by atoms with Crippen molar-refractivity contribution in [2.75, 3.05) is 13.2 Å². The van der Waals surface area contributed by atoms with E-state index in [9.17, 15) is 14.3 Å². The SMILES string of the molecule is CCOc1ccc(-c2[nH]c3ccc(F)cc3c2CC(=O)O)cc1OCC. The Morgan fingerprint density at radius 3 is 2.50 bits per heavy atom. The van der Waals surface area contributed by atoms with Gasteiger partial charge in [-0.05, 0) is 55.8 Å². The minimum atomic E-state index is -0.979. The van der Waals surface area contributed by atoms with Gasteiger partial charge in [-0.25, -0.2) is 4.39 Å². The van der Waals surface area contributed by atoms with E-state index in [0.717, 1.165) is 5.56 Å². The van der Waals surface area contributed by atoms with Gasteiger partial charge >= 0.3 is 5.97 Å². The van der Waals surface area contributed by atoms with E-state index in [2.05, 4.69) is 4.98 Å². The number of rotatable bonds is 7. The number of H-pyrrole nitrogens is 1. The molecule has 2 N–H and O–H groups in total. The molecule has 0 aliphatic rings. The standard InChI is InChI=1S/C20H20FNO4/c1-3-25-17-8-5-12(9-18(17)26-4-2)20-15(11-19(23)24)14-10-13(21)6-7-16(14)22-20/h5-10,22H,3-4,11H2,1-2H3,(H,23,24). The summed E-state index contributed by atoms with van der Waals surface area (Å²) in [6.07, 6.45) is -0.212. The zero-order valence-electron chi connectivity index (χ0n) is 14.6. The van der Waals surface area contributed by atoms with E-state index >= 15 is 0 Å². The number of halogens is 1. The molecule has 0 spiro atoms. The number of nitrogens with one attached hydrogen (secondary N) is 1. The minimum absolute atomic E-state index is 0.212. The monoisotopic (exact) mass is 357 g/mol. The molecule has 0 fully saturated rings. The van der Waals surface area contributed by atoms with Crippen LogP contribution in [0.1, 0.15) is 19.4 Å². The van der Waals surface area contributed by atoms with Gasteiger partial charge in [0.2, 0.25) is 0 Å². The van der Waals surface area contributed by atoms with E-state index in [4.69, 9.17) is 9.47 Å². The number of carboxylic acids is 1. The molecule has 1 aromatic heterocycles. The van der Waals surface area contributed by atoms with E-state index in [1.807, 2.05) is 19.9 Å². The first kappa shape index (κ1) is 17.8. The van der Waals surface area contributed by atoms with Gasteiger partial charge in [0.05, 0.1) is 25.3 Å². The van der Waals surface area contributed by atoms with Gasteiger partial charge in [0.25, 0.3) is 0 Å². The summed E-state index contributed by atoms with van der Waals surface area (Å²) in [5.41, 5.74) is 2.62. The lowest BCUT2D eigenvalue weighted by Crippen LogP contribution is -2.02. The number of hydrogen-bond donors (Lipinski definition) is 2. The van der Waals surface area contributed by atoms with Gasteiger partial charge in [0, 0.05) is 16.5 Å². The second kappa shape index (κ2) is 7.47. The van der Waals surface area contributed by atoms with Crippen LogP contribution in [0.3, 0.4) is 0 Å². The number of carboxylic acid groups (broad SMARTS) is 1. The molecule has 0 saturated heterocycles. The molecule has 136 valence electrons. The quantitative estimate of drug-likeness (QED) is 0.657. The first-order chi connectivity index (χ1) is 12.5. The highest BCUT2D eigenvalue weighted by atomic mass is 19.1. The summed E-state index contributed by atoms with van der Waals surface area (Å²) in [5, 5.41) is 9.85. The van der Waals surface area contributed by atoms with Crippen LogP contribution in [-0.2, 0) is 11.2 Å². The molecule has 0 amide bonds. The first-order valence-corrected chi connectivity index (χ1v) is 8.45. The molecule has 0 aliphatic carbocycles. The Labute approximate surface area is 150 Å². The fourth-order valence-electron chi connectivity index (χ4n) is 3.01. The molecule has 0 aliphatic heterocycles. The largest absolute Gasteiger partial charge is 0.490 e. The van der Waals surface area contributed by atoms with Gasteiger partial charge in [-0.2, -0.15) is 0 Å². The zero-order chi connectivity index (χ0) is 18.7. The molecule has 26 heavy (non-hydrogen) atoms. The fourth-order valence-corrected chi connectivity index (χ4v) is 3.01. The molecule has 5 nitrogen and oxygen atoms in total. The van der Waals surface area contributed by atoms with Crippen LogP contribution in [0.4, 0.5) is 4.39 Å². The average molecular weight is 357 g/mol. The Morgan fingerprint density at radius 2 is 1.81 bits per heavy atom. The Balaban J connectivity index is 2.17. The normalized spacial score (nSPS) is 10.9. The third-order valence-corrected chi connectivity index (χ3v) is 4.03. The smallest absolute Gasteiger partial charge is 0.307 e. The second-order valence-corrected chi connectivity index (χ2v) is 5.77. The molecule has 0 atom stereocenters. The lowest BCUT2D eigenvalue weighted by atomic mass is 10.0. The molecule has 3 aromatic rings. The predicted octanol–water partition coefficient (Wildman–Crippen LogP) is 4.40. The molecule has 0 bridgehead atoms. The van der Waals surface area contributed by atoms with E-state index in [-0.39, 0.29) is 6.42 Å². The van der Waals surface area contributed by atoms with Gasteiger partial charge in [0.15, 0.2) is 11.5 Å². The number of carbonyl (C=O) groups is 1. The van der Waals surface area contributed by atoms with Crippen molar-refractivity contribution in [3.63, 3.8) is 0 Å². The van der Waals surface area contributed by atoms with Crippen LogP contribution >= 0.6 is 0 Å². The maximum atomic E-state index is 13.7. The third-order valence-electron chi connectivity index (χ3n) is 4.03.